The molecule has 0 aliphatic rings. The fourth-order valence-corrected chi connectivity index (χ4v) is 4.48. The first-order valence-electron chi connectivity index (χ1n) is 10.4. The summed E-state index contributed by atoms with van der Waals surface area (Å²) in [5, 5.41) is 25.2. The topological polar surface area (TPSA) is 110 Å². The van der Waals surface area contributed by atoms with Gasteiger partial charge in [0.05, 0.1) is 21.8 Å². The number of hydrogen-bond donors (Lipinski definition) is 2. The predicted octanol–water partition coefficient (Wildman–Crippen LogP) is 4.19. The van der Waals surface area contributed by atoms with Crippen LogP contribution in [-0.2, 0) is 19.4 Å². The Kier molecular flexibility index (Phi) is 6.47. The molecule has 0 amide bonds. The second-order valence-electron chi connectivity index (χ2n) is 7.17. The van der Waals surface area contributed by atoms with E-state index in [-0.39, 0.29) is 5.56 Å². The normalized spacial score (nSPS) is 11.1. The smallest absolute Gasteiger partial charge is 0.335 e. The number of rotatable bonds is 7. The number of allylic oxidation sites excluding steroid dienone is 1. The molecule has 0 aliphatic carbocycles. The summed E-state index contributed by atoms with van der Waals surface area (Å²) in [6, 6.07) is 5.17. The van der Waals surface area contributed by atoms with Crippen LogP contribution >= 0.6 is 11.3 Å². The van der Waals surface area contributed by atoms with E-state index in [4.69, 9.17) is 0 Å². The summed E-state index contributed by atoms with van der Waals surface area (Å²) in [5.74, 6) is 6.17. The molecule has 0 radical (unpaired) electrons. The molecule has 0 bridgehead atoms. The van der Waals surface area contributed by atoms with Gasteiger partial charge in [-0.2, -0.15) is 5.21 Å². The summed E-state index contributed by atoms with van der Waals surface area (Å²) < 4.78 is 2.10. The van der Waals surface area contributed by atoms with Crippen molar-refractivity contribution in [1.82, 2.24) is 30.2 Å². The van der Waals surface area contributed by atoms with Crippen LogP contribution in [0, 0.1) is 11.8 Å². The number of aromatic nitrogens is 6. The van der Waals surface area contributed by atoms with Crippen molar-refractivity contribution in [1.29, 1.82) is 0 Å². The van der Waals surface area contributed by atoms with Crippen LogP contribution in [0.25, 0.3) is 23.1 Å². The van der Waals surface area contributed by atoms with Crippen molar-refractivity contribution in [3.05, 3.63) is 69.1 Å². The van der Waals surface area contributed by atoms with E-state index in [0.717, 1.165) is 32.7 Å². The van der Waals surface area contributed by atoms with Crippen LogP contribution in [0.5, 0.6) is 0 Å². The Morgan fingerprint density at radius 2 is 2.21 bits per heavy atom. The lowest BCUT2D eigenvalue weighted by atomic mass is 10.1. The number of benzene rings is 1. The Morgan fingerprint density at radius 3 is 2.88 bits per heavy atom. The van der Waals surface area contributed by atoms with Crippen LogP contribution in [0.4, 0.5) is 0 Å². The van der Waals surface area contributed by atoms with Gasteiger partial charge in [0.2, 0.25) is 0 Å². The number of nitrogens with one attached hydrogen (secondary N) is 1. The number of fused-ring (bicyclic) bond motifs is 1. The second-order valence-corrected chi connectivity index (χ2v) is 8.20. The van der Waals surface area contributed by atoms with Gasteiger partial charge in [0.25, 0.3) is 0 Å². The molecule has 3 aromatic heterocycles. The summed E-state index contributed by atoms with van der Waals surface area (Å²) in [7, 11) is 0. The van der Waals surface area contributed by atoms with Crippen molar-refractivity contribution in [2.45, 2.75) is 33.2 Å². The molecule has 0 spiro atoms. The molecule has 166 valence electrons. The van der Waals surface area contributed by atoms with Gasteiger partial charge in [-0.15, -0.1) is 21.5 Å². The zero-order valence-corrected chi connectivity index (χ0v) is 19.1. The Bertz CT molecular complexity index is 1420. The van der Waals surface area contributed by atoms with Gasteiger partial charge in [-0.25, -0.2) is 9.78 Å². The zero-order valence-electron chi connectivity index (χ0n) is 18.3. The number of carboxylic acids is 1. The van der Waals surface area contributed by atoms with Gasteiger partial charge in [-0.1, -0.05) is 24.8 Å². The number of carbonyl (C=O) groups is 1. The van der Waals surface area contributed by atoms with Crippen molar-refractivity contribution < 1.29 is 9.90 Å². The zero-order chi connectivity index (χ0) is 23.4. The van der Waals surface area contributed by atoms with E-state index in [0.29, 0.717) is 30.2 Å². The third-order valence-electron chi connectivity index (χ3n) is 5.20. The van der Waals surface area contributed by atoms with E-state index in [1.807, 2.05) is 32.1 Å². The molecule has 0 saturated heterocycles. The minimum atomic E-state index is -0.956. The van der Waals surface area contributed by atoms with E-state index < -0.39 is 5.97 Å². The first-order chi connectivity index (χ1) is 16.0. The highest BCUT2D eigenvalue weighted by molar-refractivity contribution is 7.13. The van der Waals surface area contributed by atoms with Gasteiger partial charge < -0.3 is 9.67 Å². The summed E-state index contributed by atoms with van der Waals surface area (Å²) in [6.45, 7) is 8.42. The van der Waals surface area contributed by atoms with E-state index in [2.05, 4.69) is 48.6 Å². The predicted molar refractivity (Wildman–Crippen MR) is 129 cm³/mol. The van der Waals surface area contributed by atoms with Gasteiger partial charge in [-0.05, 0) is 61.1 Å². The summed E-state index contributed by atoms with van der Waals surface area (Å²) in [5.41, 5.74) is 3.86. The van der Waals surface area contributed by atoms with Crippen LogP contribution < -0.4 is 0 Å². The summed E-state index contributed by atoms with van der Waals surface area (Å²) in [6.07, 6.45) is 6.92. The Labute approximate surface area is 194 Å². The lowest BCUT2D eigenvalue weighted by molar-refractivity contribution is 0.0697. The highest BCUT2D eigenvalue weighted by atomic mass is 32.1. The lowest BCUT2D eigenvalue weighted by Gasteiger charge is -2.06. The number of tetrazole rings is 1. The fourth-order valence-electron chi connectivity index (χ4n) is 3.72. The Hall–Kier alpha value is -4.03. The van der Waals surface area contributed by atoms with Gasteiger partial charge in [0, 0.05) is 23.9 Å². The van der Waals surface area contributed by atoms with Gasteiger partial charge in [-0.3, -0.25) is 0 Å². The standard InChI is InChI=1S/C24H22N6O2S/c1-4-7-18-21(6-3)33-23(25-18)11-10-19-16(5-2)17-14-15(24(31)32)8-9-20(17)30(19)13-12-22-26-28-29-27-22/h4,6-9,14H,3,5,12-13H2,1-2H3,(H,31,32)(H,26,27,28,29)/b7-4-. The van der Waals surface area contributed by atoms with E-state index in [9.17, 15) is 9.90 Å². The average Bonchev–Trinajstić information content (AvgIpc) is 3.53. The minimum absolute atomic E-state index is 0.249. The van der Waals surface area contributed by atoms with Crippen LogP contribution in [-0.4, -0.2) is 41.3 Å². The molecule has 8 nitrogen and oxygen atoms in total. The quantitative estimate of drug-likeness (QED) is 0.402. The number of aromatic carboxylic acids is 1. The molecule has 1 aromatic carbocycles. The number of hydrogen-bond acceptors (Lipinski definition) is 6. The first-order valence-corrected chi connectivity index (χ1v) is 11.3. The van der Waals surface area contributed by atoms with E-state index in [1.54, 1.807) is 18.2 Å². The molecular formula is C24H22N6O2S. The second kappa shape index (κ2) is 9.63. The molecule has 0 saturated carbocycles. The molecule has 4 aromatic rings. The molecule has 0 unspecified atom stereocenters. The largest absolute Gasteiger partial charge is 0.478 e. The molecule has 2 N–H and O–H groups in total. The maximum absolute atomic E-state index is 11.6. The first kappa shape index (κ1) is 22.2. The molecule has 9 heteroatoms. The fraction of sp³-hybridized carbons (Fsp3) is 0.208. The summed E-state index contributed by atoms with van der Waals surface area (Å²) in [4.78, 5) is 17.1. The third-order valence-corrected chi connectivity index (χ3v) is 6.18. The highest BCUT2D eigenvalue weighted by Gasteiger charge is 2.17. The van der Waals surface area contributed by atoms with Crippen molar-refractivity contribution in [3.63, 3.8) is 0 Å². The number of thiazole rings is 1. The van der Waals surface area contributed by atoms with E-state index in [1.165, 1.54) is 11.3 Å². The van der Waals surface area contributed by atoms with Crippen molar-refractivity contribution in [2.24, 2.45) is 0 Å². The maximum atomic E-state index is 11.6. The molecule has 3 heterocycles. The lowest BCUT2D eigenvalue weighted by Crippen LogP contribution is -2.06. The van der Waals surface area contributed by atoms with Crippen LogP contribution in [0.15, 0.2) is 30.9 Å². The Balaban J connectivity index is 1.85. The Morgan fingerprint density at radius 1 is 1.36 bits per heavy atom. The molecule has 0 fully saturated rings. The minimum Gasteiger partial charge on any atom is -0.478 e. The van der Waals surface area contributed by atoms with Crippen LogP contribution in [0.1, 0.15) is 56.9 Å². The third kappa shape index (κ3) is 4.47. The monoisotopic (exact) mass is 458 g/mol. The molecular weight excluding hydrogens is 436 g/mol. The number of H-pyrrole nitrogens is 1. The molecule has 33 heavy (non-hydrogen) atoms. The molecule has 4 rings (SSSR count). The maximum Gasteiger partial charge on any atom is 0.335 e. The van der Waals surface area contributed by atoms with Crippen molar-refractivity contribution >= 4 is 40.4 Å². The van der Waals surface area contributed by atoms with E-state index >= 15 is 0 Å². The number of aromatic amines is 1. The van der Waals surface area contributed by atoms with Crippen LogP contribution in [0.3, 0.4) is 0 Å². The van der Waals surface area contributed by atoms with Crippen molar-refractivity contribution in [3.8, 4) is 11.8 Å². The SMILES string of the molecule is C=Cc1sc(C#Cc2c(CC)c3cc(C(=O)O)ccc3n2CCc2nn[nH]n2)nc1/C=C\C. The number of carboxylic acid groups (broad SMARTS) is 1. The number of nitrogens with zero attached hydrogens (tertiary/aromatic N) is 5. The highest BCUT2D eigenvalue weighted by Crippen LogP contribution is 2.28. The van der Waals surface area contributed by atoms with Gasteiger partial charge in [0.1, 0.15) is 0 Å². The molecule has 0 atom stereocenters. The van der Waals surface area contributed by atoms with Crippen molar-refractivity contribution in [2.75, 3.05) is 0 Å². The summed E-state index contributed by atoms with van der Waals surface area (Å²) >= 11 is 1.49. The number of aryl methyl sites for hydroxylation is 3. The van der Waals surface area contributed by atoms with Gasteiger partial charge in [0.15, 0.2) is 10.8 Å². The molecule has 0 aliphatic heterocycles. The van der Waals surface area contributed by atoms with Crippen LogP contribution in [0.2, 0.25) is 0 Å². The average molecular weight is 459 g/mol. The van der Waals surface area contributed by atoms with Gasteiger partial charge >= 0.3 is 5.97 Å².